The van der Waals surface area contributed by atoms with Crippen molar-refractivity contribution in [2.75, 3.05) is 0 Å². The predicted octanol–water partition coefficient (Wildman–Crippen LogP) is 4.53. The second kappa shape index (κ2) is 5.12. The van der Waals surface area contributed by atoms with Gasteiger partial charge in [-0.05, 0) is 58.9 Å². The molecule has 0 bridgehead atoms. The summed E-state index contributed by atoms with van der Waals surface area (Å²) in [6.45, 7) is 8.37. The van der Waals surface area contributed by atoms with E-state index in [1.165, 1.54) is 0 Å². The van der Waals surface area contributed by atoms with Crippen LogP contribution in [0.2, 0.25) is 0 Å². The molecule has 1 fully saturated rings. The van der Waals surface area contributed by atoms with Gasteiger partial charge in [0.2, 0.25) is 0 Å². The molecule has 0 heterocycles. The number of carboxylic acid groups (broad SMARTS) is 1. The maximum Gasteiger partial charge on any atom is 0.318 e. The first-order valence-electron chi connectivity index (χ1n) is 8.51. The van der Waals surface area contributed by atoms with E-state index >= 15 is 0 Å². The number of phenols is 1. The summed E-state index contributed by atoms with van der Waals surface area (Å²) in [5.74, 6) is -0.340. The lowest BCUT2D eigenvalue weighted by Crippen LogP contribution is -2.48. The first-order chi connectivity index (χ1) is 10.7. The number of aromatic hydroxyl groups is 1. The summed E-state index contributed by atoms with van der Waals surface area (Å²) in [7, 11) is 0. The molecule has 1 saturated carbocycles. The number of fused-ring (bicyclic) bond motifs is 3. The fourth-order valence-electron chi connectivity index (χ4n) is 4.60. The van der Waals surface area contributed by atoms with Gasteiger partial charge in [-0.15, -0.1) is 0 Å². The van der Waals surface area contributed by atoms with E-state index in [9.17, 15) is 15.0 Å². The number of aliphatic carboxylic acids is 1. The van der Waals surface area contributed by atoms with Crippen molar-refractivity contribution >= 4 is 5.97 Å². The van der Waals surface area contributed by atoms with Gasteiger partial charge in [0.05, 0.1) is 0 Å². The Morgan fingerprint density at radius 2 is 1.91 bits per heavy atom. The fourth-order valence-corrected chi connectivity index (χ4v) is 4.60. The summed E-state index contributed by atoms with van der Waals surface area (Å²) in [6.07, 6.45) is 5.41. The highest BCUT2D eigenvalue weighted by Crippen LogP contribution is 2.55. The van der Waals surface area contributed by atoms with Crippen molar-refractivity contribution in [3.63, 3.8) is 0 Å². The Kier molecular flexibility index (Phi) is 3.58. The Bertz CT molecular complexity index is 697. The molecule has 1 aromatic rings. The number of carbonyl (C=O) groups is 1. The van der Waals surface area contributed by atoms with Gasteiger partial charge < -0.3 is 10.2 Å². The summed E-state index contributed by atoms with van der Waals surface area (Å²) in [6, 6.07) is 3.74. The van der Waals surface area contributed by atoms with E-state index in [-0.39, 0.29) is 17.1 Å². The minimum Gasteiger partial charge on any atom is -0.508 e. The van der Waals surface area contributed by atoms with Crippen LogP contribution in [0, 0.1) is 5.41 Å². The minimum absolute atomic E-state index is 0.110. The van der Waals surface area contributed by atoms with Crippen LogP contribution in [0.5, 0.6) is 5.75 Å². The Morgan fingerprint density at radius 1 is 1.22 bits per heavy atom. The summed E-state index contributed by atoms with van der Waals surface area (Å²) in [5, 5.41) is 20.6. The zero-order chi connectivity index (χ0) is 17.0. The third kappa shape index (κ3) is 2.20. The Labute approximate surface area is 138 Å². The van der Waals surface area contributed by atoms with Gasteiger partial charge in [0.15, 0.2) is 0 Å². The van der Waals surface area contributed by atoms with Crippen molar-refractivity contribution in [2.24, 2.45) is 5.41 Å². The van der Waals surface area contributed by atoms with Crippen molar-refractivity contribution in [3.8, 4) is 5.75 Å². The maximum absolute atomic E-state index is 12.4. The van der Waals surface area contributed by atoms with Crippen LogP contribution in [0.4, 0.5) is 0 Å². The van der Waals surface area contributed by atoms with Crippen LogP contribution < -0.4 is 0 Å². The number of hydrogen-bond donors (Lipinski definition) is 2. The number of benzene rings is 1. The van der Waals surface area contributed by atoms with Crippen LogP contribution in [0.3, 0.4) is 0 Å². The molecule has 0 saturated heterocycles. The summed E-state index contributed by atoms with van der Waals surface area (Å²) in [5.41, 5.74) is 2.69. The third-order valence-corrected chi connectivity index (χ3v) is 5.77. The molecule has 0 amide bonds. The molecule has 3 heteroatoms. The molecule has 2 aliphatic carbocycles. The third-order valence-electron chi connectivity index (χ3n) is 5.77. The number of carboxylic acids is 1. The lowest BCUT2D eigenvalue weighted by atomic mass is 9.54. The molecular weight excluding hydrogens is 288 g/mol. The van der Waals surface area contributed by atoms with Gasteiger partial charge in [-0.1, -0.05) is 46.3 Å². The van der Waals surface area contributed by atoms with E-state index in [0.717, 1.165) is 41.5 Å². The van der Waals surface area contributed by atoms with E-state index in [0.29, 0.717) is 6.42 Å². The fraction of sp³-hybridized carbons (Fsp3) is 0.550. The Balaban J connectivity index is 2.27. The highest BCUT2D eigenvalue weighted by molar-refractivity contribution is 5.88. The zero-order valence-electron chi connectivity index (χ0n) is 14.4. The number of phenolic OH excluding ortho intramolecular Hbond substituents is 1. The van der Waals surface area contributed by atoms with Gasteiger partial charge in [0.25, 0.3) is 0 Å². The number of allylic oxidation sites excluding steroid dienone is 1. The van der Waals surface area contributed by atoms with Gasteiger partial charge in [-0.3, -0.25) is 4.79 Å². The molecule has 3 rings (SSSR count). The topological polar surface area (TPSA) is 57.5 Å². The lowest BCUT2D eigenvalue weighted by Gasteiger charge is -2.48. The molecule has 1 aromatic carbocycles. The monoisotopic (exact) mass is 314 g/mol. The van der Waals surface area contributed by atoms with Gasteiger partial charge >= 0.3 is 5.97 Å². The Morgan fingerprint density at radius 3 is 2.52 bits per heavy atom. The predicted molar refractivity (Wildman–Crippen MR) is 90.9 cm³/mol. The molecule has 3 nitrogen and oxygen atoms in total. The van der Waals surface area contributed by atoms with E-state index in [1.54, 1.807) is 6.07 Å². The van der Waals surface area contributed by atoms with Gasteiger partial charge in [-0.25, -0.2) is 0 Å². The molecule has 0 aliphatic heterocycles. The molecular formula is C20H26O3. The second-order valence-electron chi connectivity index (χ2n) is 7.99. The minimum atomic E-state index is -0.970. The van der Waals surface area contributed by atoms with Crippen molar-refractivity contribution in [1.82, 2.24) is 0 Å². The summed E-state index contributed by atoms with van der Waals surface area (Å²) < 4.78 is 0. The van der Waals surface area contributed by atoms with Gasteiger partial charge in [-0.2, -0.15) is 0 Å². The number of hydrogen-bond acceptors (Lipinski definition) is 2. The maximum atomic E-state index is 12.4. The first kappa shape index (κ1) is 16.1. The zero-order valence-corrected chi connectivity index (χ0v) is 14.4. The molecule has 23 heavy (non-hydrogen) atoms. The van der Waals surface area contributed by atoms with E-state index in [4.69, 9.17) is 0 Å². The van der Waals surface area contributed by atoms with Crippen molar-refractivity contribution < 1.29 is 15.0 Å². The van der Waals surface area contributed by atoms with Crippen LogP contribution in [0.25, 0.3) is 0 Å². The second-order valence-corrected chi connectivity index (χ2v) is 7.99. The molecule has 0 spiro atoms. The number of rotatable bonds is 2. The van der Waals surface area contributed by atoms with Crippen molar-refractivity contribution in [3.05, 3.63) is 40.5 Å². The van der Waals surface area contributed by atoms with Gasteiger partial charge in [0.1, 0.15) is 11.2 Å². The summed E-state index contributed by atoms with van der Waals surface area (Å²) >= 11 is 0. The van der Waals surface area contributed by atoms with Crippen molar-refractivity contribution in [2.45, 2.75) is 64.7 Å². The highest BCUT2D eigenvalue weighted by atomic mass is 16.4. The molecule has 2 aliphatic rings. The van der Waals surface area contributed by atoms with Crippen LogP contribution in [-0.4, -0.2) is 16.2 Å². The van der Waals surface area contributed by atoms with E-state index < -0.39 is 11.4 Å². The Hall–Kier alpha value is -1.77. The SMILES string of the molecule is CC(C)c1cc2c(cc1O)[C@@]1(C(=O)O)CCCC(C)(C)C1=CC2. The van der Waals surface area contributed by atoms with Crippen molar-refractivity contribution in [1.29, 1.82) is 0 Å². The lowest BCUT2D eigenvalue weighted by molar-refractivity contribution is -0.144. The first-order valence-corrected chi connectivity index (χ1v) is 8.51. The molecule has 2 N–H and O–H groups in total. The smallest absolute Gasteiger partial charge is 0.318 e. The highest BCUT2D eigenvalue weighted by Gasteiger charge is 2.53. The van der Waals surface area contributed by atoms with Crippen LogP contribution in [0.1, 0.15) is 69.6 Å². The van der Waals surface area contributed by atoms with Crippen LogP contribution in [-0.2, 0) is 16.6 Å². The molecule has 1 atom stereocenters. The average Bonchev–Trinajstić information content (AvgIpc) is 2.45. The van der Waals surface area contributed by atoms with Crippen LogP contribution >= 0.6 is 0 Å². The van der Waals surface area contributed by atoms with E-state index in [2.05, 4.69) is 19.9 Å². The molecule has 0 aromatic heterocycles. The molecule has 0 unspecified atom stereocenters. The normalized spacial score (nSPS) is 25.5. The van der Waals surface area contributed by atoms with Crippen LogP contribution in [0.15, 0.2) is 23.8 Å². The van der Waals surface area contributed by atoms with E-state index in [1.807, 2.05) is 19.9 Å². The standard InChI is InChI=1S/C20H26O3/c1-12(2)14-10-13-6-7-17-19(3,4)8-5-9-20(17,18(22)23)15(13)11-16(14)21/h7,10-12,21H,5-6,8-9H2,1-4H3,(H,22,23)/t20-/m0/s1. The molecule has 124 valence electrons. The summed E-state index contributed by atoms with van der Waals surface area (Å²) in [4.78, 5) is 12.4. The largest absolute Gasteiger partial charge is 0.508 e. The molecule has 0 radical (unpaired) electrons. The van der Waals surface area contributed by atoms with Gasteiger partial charge in [0, 0.05) is 0 Å². The average molecular weight is 314 g/mol. The quantitative estimate of drug-likeness (QED) is 0.788.